The van der Waals surface area contributed by atoms with Crippen LogP contribution in [0.25, 0.3) is 0 Å². The van der Waals surface area contributed by atoms with E-state index in [1.54, 1.807) is 17.1 Å². The van der Waals surface area contributed by atoms with E-state index in [1.807, 2.05) is 6.92 Å². The van der Waals surface area contributed by atoms with Crippen LogP contribution in [0.15, 0.2) is 12.2 Å². The summed E-state index contributed by atoms with van der Waals surface area (Å²) >= 11 is 0. The van der Waals surface area contributed by atoms with Gasteiger partial charge in [0.1, 0.15) is 0 Å². The van der Waals surface area contributed by atoms with Crippen LogP contribution in [0, 0.1) is 11.8 Å². The van der Waals surface area contributed by atoms with Crippen molar-refractivity contribution in [3.8, 4) is 0 Å². The van der Waals surface area contributed by atoms with Crippen molar-refractivity contribution in [1.82, 2.24) is 10.2 Å². The van der Waals surface area contributed by atoms with Gasteiger partial charge in [-0.2, -0.15) is 0 Å². The van der Waals surface area contributed by atoms with E-state index in [9.17, 15) is 14.4 Å². The highest BCUT2D eigenvalue weighted by Crippen LogP contribution is 2.23. The van der Waals surface area contributed by atoms with Gasteiger partial charge in [0.15, 0.2) is 0 Å². The zero-order chi connectivity index (χ0) is 15.6. The summed E-state index contributed by atoms with van der Waals surface area (Å²) in [4.78, 5) is 36.1. The fourth-order valence-electron chi connectivity index (χ4n) is 2.85. The quantitative estimate of drug-likeness (QED) is 0.650. The van der Waals surface area contributed by atoms with Crippen LogP contribution in [0.3, 0.4) is 0 Å². The van der Waals surface area contributed by atoms with Crippen LogP contribution in [0.1, 0.15) is 26.2 Å². The van der Waals surface area contributed by atoms with E-state index >= 15 is 0 Å². The van der Waals surface area contributed by atoms with Crippen LogP contribution in [0.5, 0.6) is 0 Å². The van der Waals surface area contributed by atoms with E-state index in [0.717, 1.165) is 6.42 Å². The lowest BCUT2D eigenvalue weighted by molar-refractivity contribution is -0.140. The second kappa shape index (κ2) is 6.15. The van der Waals surface area contributed by atoms with Gasteiger partial charge in [-0.25, -0.2) is 4.79 Å². The number of carboxylic acids is 1. The molecule has 0 radical (unpaired) electrons. The predicted molar refractivity (Wildman–Crippen MR) is 75.3 cm³/mol. The zero-order valence-corrected chi connectivity index (χ0v) is 12.0. The van der Waals surface area contributed by atoms with Crippen LogP contribution in [-0.2, 0) is 9.59 Å². The van der Waals surface area contributed by atoms with Gasteiger partial charge in [-0.3, -0.25) is 9.59 Å². The van der Waals surface area contributed by atoms with Gasteiger partial charge >= 0.3 is 12.0 Å². The number of piperidine rings is 1. The van der Waals surface area contributed by atoms with Gasteiger partial charge in [0.25, 0.3) is 0 Å². The van der Waals surface area contributed by atoms with E-state index < -0.39 is 11.9 Å². The average Bonchev–Trinajstić information content (AvgIpc) is 2.87. The van der Waals surface area contributed by atoms with Crippen LogP contribution in [0.4, 0.5) is 4.79 Å². The Balaban J connectivity index is 1.92. The Kier molecular flexibility index (Phi) is 4.50. The molecule has 21 heavy (non-hydrogen) atoms. The Labute approximate surface area is 123 Å². The molecular formula is C14H21N3O4. The monoisotopic (exact) mass is 295 g/mol. The van der Waals surface area contributed by atoms with Crippen LogP contribution in [-0.4, -0.2) is 46.5 Å². The highest BCUT2D eigenvalue weighted by molar-refractivity contribution is 5.80. The number of nitrogens with one attached hydrogen (secondary N) is 1. The molecule has 0 bridgehead atoms. The lowest BCUT2D eigenvalue weighted by Gasteiger charge is -2.37. The summed E-state index contributed by atoms with van der Waals surface area (Å²) < 4.78 is 0. The molecule has 1 fully saturated rings. The van der Waals surface area contributed by atoms with Gasteiger partial charge in [0.05, 0.1) is 17.9 Å². The van der Waals surface area contributed by atoms with Crippen LogP contribution < -0.4 is 11.1 Å². The first-order valence-electron chi connectivity index (χ1n) is 7.16. The van der Waals surface area contributed by atoms with Crippen molar-refractivity contribution in [2.45, 2.75) is 38.3 Å². The topological polar surface area (TPSA) is 113 Å². The number of likely N-dealkylation sites (tertiary alicyclic amines) is 1. The zero-order valence-electron chi connectivity index (χ0n) is 12.0. The number of hydrogen-bond donors (Lipinski definition) is 3. The summed E-state index contributed by atoms with van der Waals surface area (Å²) in [5.41, 5.74) is 5.32. The summed E-state index contributed by atoms with van der Waals surface area (Å²) in [5, 5.41) is 11.7. The van der Waals surface area contributed by atoms with Gasteiger partial charge in [0, 0.05) is 12.6 Å². The number of carbonyl (C=O) groups excluding carboxylic acids is 2. The molecule has 0 spiro atoms. The summed E-state index contributed by atoms with van der Waals surface area (Å²) in [6.07, 6.45) is 5.10. The second-order valence-corrected chi connectivity index (χ2v) is 5.80. The molecule has 0 aromatic heterocycles. The molecule has 7 heteroatoms. The number of carboxylic acid groups (broad SMARTS) is 1. The van der Waals surface area contributed by atoms with Gasteiger partial charge in [-0.15, -0.1) is 0 Å². The van der Waals surface area contributed by atoms with Gasteiger partial charge in [0.2, 0.25) is 5.91 Å². The SMILES string of the molecule is CC1CCC(C(N)=O)CN1C(=O)NC1C=CC(C(=O)O)C1. The molecule has 3 amide bonds. The minimum absolute atomic E-state index is 0.0428. The van der Waals surface area contributed by atoms with Crippen molar-refractivity contribution in [2.24, 2.45) is 17.6 Å². The Hall–Kier alpha value is -2.05. The number of amides is 3. The maximum absolute atomic E-state index is 12.3. The summed E-state index contributed by atoms with van der Waals surface area (Å²) in [6, 6.07) is -0.504. The molecule has 4 unspecified atom stereocenters. The number of hydrogen-bond acceptors (Lipinski definition) is 3. The minimum atomic E-state index is -0.886. The van der Waals surface area contributed by atoms with Crippen molar-refractivity contribution in [2.75, 3.05) is 6.54 Å². The first kappa shape index (κ1) is 15.3. The van der Waals surface area contributed by atoms with E-state index in [1.165, 1.54) is 0 Å². The molecule has 0 aromatic carbocycles. The van der Waals surface area contributed by atoms with Crippen molar-refractivity contribution in [3.05, 3.63) is 12.2 Å². The van der Waals surface area contributed by atoms with Crippen molar-refractivity contribution < 1.29 is 19.5 Å². The standard InChI is InChI=1S/C14H21N3O4/c1-8-2-3-10(12(15)18)7-17(8)14(21)16-11-5-4-9(6-11)13(19)20/h4-5,8-11H,2-3,6-7H2,1H3,(H2,15,18)(H,16,21)(H,19,20). The van der Waals surface area contributed by atoms with E-state index in [0.29, 0.717) is 19.4 Å². The third-order valence-electron chi connectivity index (χ3n) is 4.25. The van der Waals surface area contributed by atoms with E-state index in [4.69, 9.17) is 10.8 Å². The van der Waals surface area contributed by atoms with Crippen LogP contribution >= 0.6 is 0 Å². The molecule has 2 rings (SSSR count). The number of nitrogens with two attached hydrogens (primary N) is 1. The fourth-order valence-corrected chi connectivity index (χ4v) is 2.85. The second-order valence-electron chi connectivity index (χ2n) is 5.80. The maximum Gasteiger partial charge on any atom is 0.318 e. The number of primary amides is 1. The first-order chi connectivity index (χ1) is 9.88. The number of aliphatic carboxylic acids is 1. The molecule has 1 aliphatic heterocycles. The summed E-state index contributed by atoms with van der Waals surface area (Å²) in [5.74, 6) is -2.13. The molecule has 4 N–H and O–H groups in total. The fraction of sp³-hybridized carbons (Fsp3) is 0.643. The molecule has 116 valence electrons. The molecule has 0 aromatic rings. The van der Waals surface area contributed by atoms with Gasteiger partial charge in [-0.05, 0) is 26.2 Å². The summed E-state index contributed by atoms with van der Waals surface area (Å²) in [7, 11) is 0. The Morgan fingerprint density at radius 1 is 1.29 bits per heavy atom. The van der Waals surface area contributed by atoms with E-state index in [2.05, 4.69) is 5.32 Å². The Morgan fingerprint density at radius 2 is 2.00 bits per heavy atom. The number of nitrogens with zero attached hydrogens (tertiary/aromatic N) is 1. The number of carbonyl (C=O) groups is 3. The van der Waals surface area contributed by atoms with Crippen LogP contribution in [0.2, 0.25) is 0 Å². The lowest BCUT2D eigenvalue weighted by atomic mass is 9.93. The van der Waals surface area contributed by atoms with Gasteiger partial charge < -0.3 is 21.1 Å². The normalized spacial score (nSPS) is 32.0. The molecule has 1 aliphatic carbocycles. The summed E-state index contributed by atoms with van der Waals surface area (Å²) in [6.45, 7) is 2.25. The largest absolute Gasteiger partial charge is 0.481 e. The number of urea groups is 1. The molecule has 4 atom stereocenters. The first-order valence-corrected chi connectivity index (χ1v) is 7.16. The minimum Gasteiger partial charge on any atom is -0.481 e. The maximum atomic E-state index is 12.3. The molecule has 1 saturated heterocycles. The molecule has 1 heterocycles. The average molecular weight is 295 g/mol. The van der Waals surface area contributed by atoms with Crippen molar-refractivity contribution in [1.29, 1.82) is 0 Å². The Bertz CT molecular complexity index is 477. The highest BCUT2D eigenvalue weighted by Gasteiger charge is 2.33. The third-order valence-corrected chi connectivity index (χ3v) is 4.25. The lowest BCUT2D eigenvalue weighted by Crippen LogP contribution is -2.53. The molecule has 0 saturated carbocycles. The third kappa shape index (κ3) is 3.53. The predicted octanol–water partition coefficient (Wildman–Crippen LogP) is 0.311. The molecule has 2 aliphatic rings. The van der Waals surface area contributed by atoms with E-state index in [-0.39, 0.29) is 29.9 Å². The van der Waals surface area contributed by atoms with Crippen molar-refractivity contribution in [3.63, 3.8) is 0 Å². The number of rotatable bonds is 3. The highest BCUT2D eigenvalue weighted by atomic mass is 16.4. The molecular weight excluding hydrogens is 274 g/mol. The Morgan fingerprint density at radius 3 is 2.57 bits per heavy atom. The van der Waals surface area contributed by atoms with Crippen molar-refractivity contribution >= 4 is 17.9 Å². The smallest absolute Gasteiger partial charge is 0.318 e. The molecule has 7 nitrogen and oxygen atoms in total. The van der Waals surface area contributed by atoms with Gasteiger partial charge in [-0.1, -0.05) is 12.2 Å².